The van der Waals surface area contributed by atoms with E-state index in [0.29, 0.717) is 28.5 Å². The van der Waals surface area contributed by atoms with Crippen molar-refractivity contribution in [1.29, 1.82) is 5.26 Å². The van der Waals surface area contributed by atoms with E-state index < -0.39 is 0 Å². The summed E-state index contributed by atoms with van der Waals surface area (Å²) in [6, 6.07) is 13.3. The average molecular weight is 434 g/mol. The molecule has 156 valence electrons. The van der Waals surface area contributed by atoms with Crippen LogP contribution >= 0.6 is 11.6 Å². The first-order valence-electron chi connectivity index (χ1n) is 10.2. The number of ether oxygens (including phenoxy) is 2. The van der Waals surface area contributed by atoms with Crippen LogP contribution in [0.25, 0.3) is 0 Å². The van der Waals surface area contributed by atoms with Gasteiger partial charge in [0.05, 0.1) is 47.5 Å². The molecule has 5 rings (SSSR count). The van der Waals surface area contributed by atoms with Gasteiger partial charge in [0.25, 0.3) is 0 Å². The van der Waals surface area contributed by atoms with Crippen LogP contribution in [0.3, 0.4) is 0 Å². The van der Waals surface area contributed by atoms with Crippen molar-refractivity contribution < 1.29 is 14.3 Å². The lowest BCUT2D eigenvalue weighted by atomic mass is 9.92. The fraction of sp³-hybridized carbons (Fsp3) is 0.292. The van der Waals surface area contributed by atoms with Gasteiger partial charge in [-0.1, -0.05) is 29.8 Å². The van der Waals surface area contributed by atoms with Gasteiger partial charge in [0.1, 0.15) is 11.8 Å². The molecule has 2 heterocycles. The van der Waals surface area contributed by atoms with Crippen molar-refractivity contribution in [3.05, 3.63) is 75.8 Å². The number of hydrazone groups is 1. The lowest BCUT2D eigenvalue weighted by molar-refractivity contribution is 0.0600. The molecule has 1 aliphatic carbocycles. The van der Waals surface area contributed by atoms with Crippen LogP contribution in [0.15, 0.2) is 53.7 Å². The molecule has 6 nitrogen and oxygen atoms in total. The lowest BCUT2D eigenvalue weighted by Gasteiger charge is -2.29. The van der Waals surface area contributed by atoms with Crippen LogP contribution in [0.5, 0.6) is 5.75 Å². The average Bonchev–Trinajstić information content (AvgIpc) is 3.45. The Morgan fingerprint density at radius 1 is 1.32 bits per heavy atom. The highest BCUT2D eigenvalue weighted by Crippen LogP contribution is 2.39. The molecule has 3 aliphatic rings. The molecule has 0 aromatic heterocycles. The Hall–Kier alpha value is -3.30. The summed E-state index contributed by atoms with van der Waals surface area (Å²) in [6.45, 7) is 1.31. The highest BCUT2D eigenvalue weighted by atomic mass is 35.5. The molecule has 2 aliphatic heterocycles. The standard InChI is InChI=1S/C24H20ClN3O3/c1-30-24(29)15-7-8-19-22(10-15)31-13-17-12-28(27-23(17)19)21-4-2-3-18(21)14-5-6-16(11-26)20(25)9-14/h2-3,5-10,17-18,21H,4,12-13H2,1H3. The van der Waals surface area contributed by atoms with Crippen molar-refractivity contribution in [3.8, 4) is 11.8 Å². The molecule has 0 spiro atoms. The molecule has 0 saturated carbocycles. The summed E-state index contributed by atoms with van der Waals surface area (Å²) >= 11 is 6.28. The van der Waals surface area contributed by atoms with E-state index in [1.54, 1.807) is 18.2 Å². The van der Waals surface area contributed by atoms with Gasteiger partial charge in [0.15, 0.2) is 0 Å². The van der Waals surface area contributed by atoms with Crippen molar-refractivity contribution in [1.82, 2.24) is 5.01 Å². The van der Waals surface area contributed by atoms with E-state index in [1.165, 1.54) is 7.11 Å². The minimum atomic E-state index is -0.385. The van der Waals surface area contributed by atoms with Crippen LogP contribution in [0.2, 0.25) is 5.02 Å². The molecule has 3 atom stereocenters. The summed E-state index contributed by atoms with van der Waals surface area (Å²) in [4.78, 5) is 11.8. The second-order valence-electron chi connectivity index (χ2n) is 7.93. The van der Waals surface area contributed by atoms with Gasteiger partial charge in [-0.25, -0.2) is 4.79 Å². The summed E-state index contributed by atoms with van der Waals surface area (Å²) in [5.74, 6) is 0.614. The number of carbonyl (C=O) groups is 1. The van der Waals surface area contributed by atoms with E-state index in [4.69, 9.17) is 31.4 Å². The first kappa shape index (κ1) is 19.7. The summed E-state index contributed by atoms with van der Waals surface area (Å²) in [5.41, 5.74) is 3.96. The molecule has 7 heteroatoms. The molecule has 0 saturated heterocycles. The van der Waals surface area contributed by atoms with E-state index >= 15 is 0 Å². The Morgan fingerprint density at radius 3 is 2.97 bits per heavy atom. The maximum Gasteiger partial charge on any atom is 0.337 e. The number of methoxy groups -OCH3 is 1. The number of carbonyl (C=O) groups excluding carboxylic acids is 1. The third-order valence-corrected chi connectivity index (χ3v) is 6.48. The first-order chi connectivity index (χ1) is 15.1. The van der Waals surface area contributed by atoms with Crippen LogP contribution < -0.4 is 4.74 Å². The summed E-state index contributed by atoms with van der Waals surface area (Å²) in [7, 11) is 1.37. The molecule has 0 bridgehead atoms. The maximum atomic E-state index is 11.8. The van der Waals surface area contributed by atoms with Crippen LogP contribution in [0, 0.1) is 17.2 Å². The van der Waals surface area contributed by atoms with Gasteiger partial charge in [-0.2, -0.15) is 10.4 Å². The first-order valence-corrected chi connectivity index (χ1v) is 10.5. The topological polar surface area (TPSA) is 74.9 Å². The molecule has 0 N–H and O–H groups in total. The SMILES string of the molecule is COC(=O)c1ccc2c(c1)OCC1CN(C3CC=CC3c3ccc(C#N)c(Cl)c3)N=C21. The Morgan fingerprint density at radius 2 is 2.19 bits per heavy atom. The zero-order valence-electron chi connectivity index (χ0n) is 16.9. The number of hydrogen-bond donors (Lipinski definition) is 0. The number of fused-ring (bicyclic) bond motifs is 3. The lowest BCUT2D eigenvalue weighted by Crippen LogP contribution is -2.35. The third kappa shape index (κ3) is 3.35. The number of nitrogens with zero attached hydrogens (tertiary/aromatic N) is 3. The molecule has 2 aromatic rings. The van der Waals surface area contributed by atoms with Crippen molar-refractivity contribution in [2.45, 2.75) is 18.4 Å². The number of benzene rings is 2. The Balaban J connectivity index is 1.43. The molecular formula is C24H20ClN3O3. The fourth-order valence-corrected chi connectivity index (χ4v) is 4.82. The minimum absolute atomic E-state index is 0.150. The smallest absolute Gasteiger partial charge is 0.337 e. The van der Waals surface area contributed by atoms with Crippen LogP contribution in [0.1, 0.15) is 39.4 Å². The zero-order chi connectivity index (χ0) is 21.5. The largest absolute Gasteiger partial charge is 0.492 e. The quantitative estimate of drug-likeness (QED) is 0.537. The molecule has 31 heavy (non-hydrogen) atoms. The Labute approximate surface area is 185 Å². The Bertz CT molecular complexity index is 1170. The van der Waals surface area contributed by atoms with E-state index in [-0.39, 0.29) is 23.8 Å². The van der Waals surface area contributed by atoms with Gasteiger partial charge < -0.3 is 9.47 Å². The highest BCUT2D eigenvalue weighted by molar-refractivity contribution is 6.31. The predicted molar refractivity (Wildman–Crippen MR) is 116 cm³/mol. The van der Waals surface area contributed by atoms with E-state index in [1.807, 2.05) is 18.2 Å². The van der Waals surface area contributed by atoms with E-state index in [9.17, 15) is 4.79 Å². The highest BCUT2D eigenvalue weighted by Gasteiger charge is 2.39. The van der Waals surface area contributed by atoms with Crippen molar-refractivity contribution in [2.24, 2.45) is 11.0 Å². The molecular weight excluding hydrogens is 414 g/mol. The van der Waals surface area contributed by atoms with Crippen LogP contribution in [-0.4, -0.2) is 43.0 Å². The minimum Gasteiger partial charge on any atom is -0.492 e. The van der Waals surface area contributed by atoms with Crippen LogP contribution in [-0.2, 0) is 4.74 Å². The van der Waals surface area contributed by atoms with Gasteiger partial charge in [0.2, 0.25) is 0 Å². The van der Waals surface area contributed by atoms with Gasteiger partial charge in [-0.15, -0.1) is 0 Å². The van der Waals surface area contributed by atoms with Gasteiger partial charge in [0, 0.05) is 18.0 Å². The number of esters is 1. The van der Waals surface area contributed by atoms with Crippen molar-refractivity contribution in [3.63, 3.8) is 0 Å². The normalized spacial score (nSPS) is 23.5. The second-order valence-corrected chi connectivity index (χ2v) is 8.33. The molecule has 0 amide bonds. The van der Waals surface area contributed by atoms with Crippen molar-refractivity contribution in [2.75, 3.05) is 20.3 Å². The van der Waals surface area contributed by atoms with Crippen LogP contribution in [0.4, 0.5) is 0 Å². The predicted octanol–water partition coefficient (Wildman–Crippen LogP) is 4.14. The van der Waals surface area contributed by atoms with Gasteiger partial charge in [-0.05, 0) is 42.3 Å². The molecule has 0 fully saturated rings. The second kappa shape index (κ2) is 7.75. The number of rotatable bonds is 3. The van der Waals surface area contributed by atoms with Crippen molar-refractivity contribution >= 4 is 23.3 Å². The van der Waals surface area contributed by atoms with E-state index in [2.05, 4.69) is 23.2 Å². The molecule has 0 radical (unpaired) electrons. The zero-order valence-corrected chi connectivity index (χ0v) is 17.7. The summed E-state index contributed by atoms with van der Waals surface area (Å²) < 4.78 is 10.8. The monoisotopic (exact) mass is 433 g/mol. The maximum absolute atomic E-state index is 11.8. The Kier molecular flexibility index (Phi) is 4.91. The van der Waals surface area contributed by atoms with Gasteiger partial charge in [-0.3, -0.25) is 5.01 Å². The number of halogens is 1. The summed E-state index contributed by atoms with van der Waals surface area (Å²) in [6.07, 6.45) is 5.26. The molecule has 3 unspecified atom stereocenters. The number of hydrogen-bond acceptors (Lipinski definition) is 6. The molecule has 2 aromatic carbocycles. The fourth-order valence-electron chi connectivity index (χ4n) is 4.59. The third-order valence-electron chi connectivity index (χ3n) is 6.17. The van der Waals surface area contributed by atoms with Gasteiger partial charge >= 0.3 is 5.97 Å². The summed E-state index contributed by atoms with van der Waals surface area (Å²) in [5, 5.41) is 16.8. The van der Waals surface area contributed by atoms with E-state index in [0.717, 1.165) is 29.8 Å². The number of nitriles is 1.